The SMILES string of the molecule is O=C(O)Cc1ccccc1CN1CCc2c(F)cccc2C1. The molecule has 0 aliphatic carbocycles. The van der Waals surface area contributed by atoms with Crippen LogP contribution in [0.3, 0.4) is 0 Å². The third kappa shape index (κ3) is 3.17. The van der Waals surface area contributed by atoms with E-state index in [2.05, 4.69) is 4.90 Å². The van der Waals surface area contributed by atoms with Gasteiger partial charge in [0.05, 0.1) is 6.42 Å². The van der Waals surface area contributed by atoms with E-state index in [9.17, 15) is 9.18 Å². The van der Waals surface area contributed by atoms with Crippen molar-refractivity contribution in [3.63, 3.8) is 0 Å². The van der Waals surface area contributed by atoms with Crippen molar-refractivity contribution in [2.75, 3.05) is 6.54 Å². The smallest absolute Gasteiger partial charge is 0.307 e. The summed E-state index contributed by atoms with van der Waals surface area (Å²) in [5.41, 5.74) is 3.73. The zero-order valence-electron chi connectivity index (χ0n) is 12.3. The molecule has 0 atom stereocenters. The molecule has 2 aromatic rings. The molecule has 0 saturated carbocycles. The molecule has 1 aliphatic heterocycles. The molecule has 0 radical (unpaired) electrons. The summed E-state index contributed by atoms with van der Waals surface area (Å²) in [6.07, 6.45) is 0.734. The molecule has 3 rings (SSSR count). The number of carbonyl (C=O) groups is 1. The highest BCUT2D eigenvalue weighted by Crippen LogP contribution is 2.23. The fourth-order valence-electron chi connectivity index (χ4n) is 3.04. The number of aliphatic carboxylic acids is 1. The molecule has 4 heteroatoms. The average molecular weight is 299 g/mol. The van der Waals surface area contributed by atoms with E-state index in [1.54, 1.807) is 6.07 Å². The van der Waals surface area contributed by atoms with E-state index in [0.29, 0.717) is 19.5 Å². The number of hydrogen-bond acceptors (Lipinski definition) is 2. The number of rotatable bonds is 4. The fourth-order valence-corrected chi connectivity index (χ4v) is 3.04. The van der Waals surface area contributed by atoms with Crippen LogP contribution >= 0.6 is 0 Å². The maximum Gasteiger partial charge on any atom is 0.307 e. The van der Waals surface area contributed by atoms with Gasteiger partial charge in [-0.2, -0.15) is 0 Å². The molecule has 0 amide bonds. The van der Waals surface area contributed by atoms with E-state index < -0.39 is 5.97 Å². The fraction of sp³-hybridized carbons (Fsp3) is 0.278. The van der Waals surface area contributed by atoms with Crippen molar-refractivity contribution in [1.29, 1.82) is 0 Å². The Balaban J connectivity index is 1.77. The van der Waals surface area contributed by atoms with Gasteiger partial charge >= 0.3 is 5.97 Å². The van der Waals surface area contributed by atoms with Gasteiger partial charge in [-0.15, -0.1) is 0 Å². The van der Waals surface area contributed by atoms with Crippen molar-refractivity contribution < 1.29 is 14.3 Å². The summed E-state index contributed by atoms with van der Waals surface area (Å²) < 4.78 is 13.7. The third-order valence-corrected chi connectivity index (χ3v) is 4.14. The first-order chi connectivity index (χ1) is 10.6. The van der Waals surface area contributed by atoms with Crippen molar-refractivity contribution in [2.24, 2.45) is 0 Å². The number of hydrogen-bond donors (Lipinski definition) is 1. The molecule has 114 valence electrons. The Morgan fingerprint density at radius 2 is 1.91 bits per heavy atom. The predicted molar refractivity (Wildman–Crippen MR) is 82.0 cm³/mol. The molecule has 22 heavy (non-hydrogen) atoms. The van der Waals surface area contributed by atoms with Crippen LogP contribution < -0.4 is 0 Å². The summed E-state index contributed by atoms with van der Waals surface area (Å²) in [5, 5.41) is 9.00. The number of carboxylic acids is 1. The Morgan fingerprint density at radius 1 is 1.14 bits per heavy atom. The summed E-state index contributed by atoms with van der Waals surface area (Å²) >= 11 is 0. The monoisotopic (exact) mass is 299 g/mol. The van der Waals surface area contributed by atoms with Crippen LogP contribution in [0.1, 0.15) is 22.3 Å². The standard InChI is InChI=1S/C18H18FNO2/c19-17-7-3-6-15-12-20(9-8-16(15)17)11-14-5-2-1-4-13(14)10-18(21)22/h1-7H,8-12H2,(H,21,22). The van der Waals surface area contributed by atoms with Crippen LogP contribution in [0.15, 0.2) is 42.5 Å². The average Bonchev–Trinajstić information content (AvgIpc) is 2.49. The number of benzene rings is 2. The second kappa shape index (κ2) is 6.28. The highest BCUT2D eigenvalue weighted by molar-refractivity contribution is 5.70. The Bertz CT molecular complexity index is 699. The lowest BCUT2D eigenvalue weighted by Crippen LogP contribution is -2.31. The molecule has 2 aromatic carbocycles. The lowest BCUT2D eigenvalue weighted by Gasteiger charge is -2.29. The molecule has 0 fully saturated rings. The van der Waals surface area contributed by atoms with Gasteiger partial charge in [-0.3, -0.25) is 9.69 Å². The minimum Gasteiger partial charge on any atom is -0.481 e. The minimum absolute atomic E-state index is 0.0369. The highest BCUT2D eigenvalue weighted by Gasteiger charge is 2.19. The molecule has 1 heterocycles. The maximum atomic E-state index is 13.7. The highest BCUT2D eigenvalue weighted by atomic mass is 19.1. The molecule has 3 nitrogen and oxygen atoms in total. The van der Waals surface area contributed by atoms with Gasteiger partial charge in [-0.25, -0.2) is 4.39 Å². The Kier molecular flexibility index (Phi) is 4.20. The molecule has 0 bridgehead atoms. The Morgan fingerprint density at radius 3 is 2.68 bits per heavy atom. The predicted octanol–water partition coefficient (Wildman–Crippen LogP) is 3.01. The van der Waals surface area contributed by atoms with Gasteiger partial charge in [0.15, 0.2) is 0 Å². The second-order valence-electron chi connectivity index (χ2n) is 5.68. The molecule has 0 aromatic heterocycles. The maximum absolute atomic E-state index is 13.7. The molecule has 0 saturated heterocycles. The minimum atomic E-state index is -0.821. The van der Waals surface area contributed by atoms with E-state index in [1.807, 2.05) is 30.3 Å². The normalized spacial score (nSPS) is 14.6. The van der Waals surface area contributed by atoms with Crippen LogP contribution in [0, 0.1) is 5.82 Å². The summed E-state index contributed by atoms with van der Waals surface area (Å²) in [6, 6.07) is 12.8. The molecule has 1 aliphatic rings. The summed E-state index contributed by atoms with van der Waals surface area (Å²) in [7, 11) is 0. The van der Waals surface area contributed by atoms with Gasteiger partial charge in [-0.05, 0) is 34.7 Å². The van der Waals surface area contributed by atoms with Crippen LogP contribution in [0.25, 0.3) is 0 Å². The molecule has 0 unspecified atom stereocenters. The second-order valence-corrected chi connectivity index (χ2v) is 5.68. The van der Waals surface area contributed by atoms with E-state index in [-0.39, 0.29) is 12.2 Å². The first-order valence-corrected chi connectivity index (χ1v) is 7.40. The van der Waals surface area contributed by atoms with Crippen molar-refractivity contribution in [1.82, 2.24) is 4.90 Å². The molecule has 1 N–H and O–H groups in total. The van der Waals surface area contributed by atoms with Crippen LogP contribution in [-0.4, -0.2) is 22.5 Å². The number of halogens is 1. The van der Waals surface area contributed by atoms with Gasteiger partial charge in [0.25, 0.3) is 0 Å². The van der Waals surface area contributed by atoms with Crippen LogP contribution in [0.2, 0.25) is 0 Å². The van der Waals surface area contributed by atoms with E-state index >= 15 is 0 Å². The van der Waals surface area contributed by atoms with E-state index in [0.717, 1.165) is 28.8 Å². The van der Waals surface area contributed by atoms with Gasteiger partial charge in [0.1, 0.15) is 5.82 Å². The molecular formula is C18H18FNO2. The summed E-state index contributed by atoms with van der Waals surface area (Å²) in [5.74, 6) is -0.943. The number of carboxylic acid groups (broad SMARTS) is 1. The lowest BCUT2D eigenvalue weighted by molar-refractivity contribution is -0.136. The van der Waals surface area contributed by atoms with Crippen molar-refractivity contribution in [3.05, 3.63) is 70.5 Å². The van der Waals surface area contributed by atoms with Gasteiger partial charge in [0.2, 0.25) is 0 Å². The Hall–Kier alpha value is -2.20. The van der Waals surface area contributed by atoms with Crippen molar-refractivity contribution in [2.45, 2.75) is 25.9 Å². The molecular weight excluding hydrogens is 281 g/mol. The van der Waals surface area contributed by atoms with Crippen LogP contribution in [0.4, 0.5) is 4.39 Å². The van der Waals surface area contributed by atoms with Gasteiger partial charge in [-0.1, -0.05) is 36.4 Å². The first-order valence-electron chi connectivity index (χ1n) is 7.40. The zero-order valence-corrected chi connectivity index (χ0v) is 12.3. The van der Waals surface area contributed by atoms with E-state index in [1.165, 1.54) is 6.07 Å². The Labute approximate surface area is 129 Å². The quantitative estimate of drug-likeness (QED) is 0.943. The van der Waals surface area contributed by atoms with Crippen molar-refractivity contribution in [3.8, 4) is 0 Å². The summed E-state index contributed by atoms with van der Waals surface area (Å²) in [6.45, 7) is 2.18. The zero-order chi connectivity index (χ0) is 15.5. The lowest BCUT2D eigenvalue weighted by atomic mass is 9.97. The van der Waals surface area contributed by atoms with Crippen LogP contribution in [0.5, 0.6) is 0 Å². The third-order valence-electron chi connectivity index (χ3n) is 4.14. The summed E-state index contributed by atoms with van der Waals surface area (Å²) in [4.78, 5) is 13.2. The van der Waals surface area contributed by atoms with Crippen molar-refractivity contribution >= 4 is 5.97 Å². The van der Waals surface area contributed by atoms with Crippen LogP contribution in [-0.2, 0) is 30.7 Å². The topological polar surface area (TPSA) is 40.5 Å². The molecule has 0 spiro atoms. The van der Waals surface area contributed by atoms with Gasteiger partial charge in [0, 0.05) is 19.6 Å². The first kappa shape index (κ1) is 14.7. The number of fused-ring (bicyclic) bond motifs is 1. The largest absolute Gasteiger partial charge is 0.481 e. The number of nitrogens with zero attached hydrogens (tertiary/aromatic N) is 1. The van der Waals surface area contributed by atoms with Gasteiger partial charge < -0.3 is 5.11 Å². The van der Waals surface area contributed by atoms with E-state index in [4.69, 9.17) is 5.11 Å².